The molecule has 6 heteroatoms. The number of aromatic nitrogens is 6. The van der Waals surface area contributed by atoms with Crippen molar-refractivity contribution in [1.29, 1.82) is 0 Å². The lowest BCUT2D eigenvalue weighted by atomic mass is 10.0. The summed E-state index contributed by atoms with van der Waals surface area (Å²) in [6.45, 7) is 0. The Balaban J connectivity index is 1.46. The van der Waals surface area contributed by atoms with Crippen LogP contribution in [-0.2, 0) is 0 Å². The van der Waals surface area contributed by atoms with Crippen molar-refractivity contribution in [1.82, 2.24) is 29.9 Å². The summed E-state index contributed by atoms with van der Waals surface area (Å²) in [5.41, 5.74) is 8.75. The molecule has 0 saturated carbocycles. The Bertz CT molecular complexity index is 1690. The molecule has 0 spiro atoms. The van der Waals surface area contributed by atoms with E-state index < -0.39 is 0 Å². The van der Waals surface area contributed by atoms with Crippen LogP contribution in [-0.4, -0.2) is 29.9 Å². The second-order valence-electron chi connectivity index (χ2n) is 8.07. The van der Waals surface area contributed by atoms with Gasteiger partial charge in [-0.2, -0.15) is 0 Å². The third-order valence-corrected chi connectivity index (χ3v) is 5.97. The molecule has 3 aromatic heterocycles. The van der Waals surface area contributed by atoms with Crippen molar-refractivity contribution < 1.29 is 0 Å². The minimum atomic E-state index is 0.796. The topological polar surface area (TPSA) is 86.0 Å². The van der Waals surface area contributed by atoms with E-state index in [2.05, 4.69) is 33.2 Å². The minimum absolute atomic E-state index is 0.796. The number of nitrogens with one attached hydrogen (secondary N) is 3. The standard InChI is InChI=1S/C27H18N6/c1-2-8-20-19(7-1)28-25(29-20)16-13-14-17(26-30-21-9-3-4-10-22(21)31-26)18(15-16)27-32-23-11-5-6-12-24(23)33-27/h1-15H,(H,28,29)(H,30,31)(H,32,33). The number of benzene rings is 4. The Morgan fingerprint density at radius 1 is 0.424 bits per heavy atom. The van der Waals surface area contributed by atoms with Crippen LogP contribution in [0.1, 0.15) is 0 Å². The molecule has 156 valence electrons. The molecule has 0 amide bonds. The summed E-state index contributed by atoms with van der Waals surface area (Å²) in [5.74, 6) is 2.43. The van der Waals surface area contributed by atoms with Crippen molar-refractivity contribution in [2.75, 3.05) is 0 Å². The summed E-state index contributed by atoms with van der Waals surface area (Å²) in [6, 6.07) is 30.5. The number of fused-ring (bicyclic) bond motifs is 3. The Morgan fingerprint density at radius 3 is 1.42 bits per heavy atom. The fraction of sp³-hybridized carbons (Fsp3) is 0. The largest absolute Gasteiger partial charge is 0.338 e. The third kappa shape index (κ3) is 2.92. The van der Waals surface area contributed by atoms with Crippen molar-refractivity contribution >= 4 is 33.1 Å². The number of hydrogen-bond acceptors (Lipinski definition) is 3. The van der Waals surface area contributed by atoms with Gasteiger partial charge in [0.15, 0.2) is 0 Å². The second kappa shape index (κ2) is 6.90. The lowest BCUT2D eigenvalue weighted by Gasteiger charge is -2.08. The summed E-state index contributed by atoms with van der Waals surface area (Å²) < 4.78 is 0. The van der Waals surface area contributed by atoms with Crippen LogP contribution in [0.4, 0.5) is 0 Å². The molecule has 33 heavy (non-hydrogen) atoms. The predicted molar refractivity (Wildman–Crippen MR) is 132 cm³/mol. The van der Waals surface area contributed by atoms with Gasteiger partial charge < -0.3 is 15.0 Å². The molecule has 3 heterocycles. The molecular formula is C27H18N6. The molecular weight excluding hydrogens is 408 g/mol. The molecule has 0 aliphatic carbocycles. The summed E-state index contributed by atoms with van der Waals surface area (Å²) >= 11 is 0. The molecule has 7 aromatic rings. The zero-order chi connectivity index (χ0) is 21.8. The van der Waals surface area contributed by atoms with E-state index in [0.717, 1.165) is 67.3 Å². The molecule has 4 aromatic carbocycles. The van der Waals surface area contributed by atoms with Gasteiger partial charge in [-0.1, -0.05) is 42.5 Å². The first-order valence-corrected chi connectivity index (χ1v) is 10.8. The summed E-state index contributed by atoms with van der Waals surface area (Å²) in [4.78, 5) is 24.9. The predicted octanol–water partition coefficient (Wildman–Crippen LogP) is 6.32. The molecule has 0 saturated heterocycles. The lowest BCUT2D eigenvalue weighted by molar-refractivity contribution is 1.29. The van der Waals surface area contributed by atoms with E-state index in [-0.39, 0.29) is 0 Å². The number of para-hydroxylation sites is 6. The first-order chi connectivity index (χ1) is 16.3. The van der Waals surface area contributed by atoms with E-state index in [9.17, 15) is 0 Å². The van der Waals surface area contributed by atoms with E-state index in [1.807, 2.05) is 72.8 Å². The Kier molecular flexibility index (Phi) is 3.75. The minimum Gasteiger partial charge on any atom is -0.338 e. The van der Waals surface area contributed by atoms with Crippen LogP contribution in [0.5, 0.6) is 0 Å². The van der Waals surface area contributed by atoms with E-state index in [4.69, 9.17) is 15.0 Å². The molecule has 0 unspecified atom stereocenters. The van der Waals surface area contributed by atoms with Crippen LogP contribution in [0, 0.1) is 0 Å². The van der Waals surface area contributed by atoms with Crippen LogP contribution in [0.15, 0.2) is 91.0 Å². The van der Waals surface area contributed by atoms with Crippen molar-refractivity contribution in [3.05, 3.63) is 91.0 Å². The maximum Gasteiger partial charge on any atom is 0.139 e. The maximum absolute atomic E-state index is 4.87. The van der Waals surface area contributed by atoms with Crippen molar-refractivity contribution in [3.8, 4) is 34.2 Å². The van der Waals surface area contributed by atoms with Gasteiger partial charge >= 0.3 is 0 Å². The molecule has 0 aliphatic rings. The van der Waals surface area contributed by atoms with Crippen LogP contribution >= 0.6 is 0 Å². The molecule has 0 atom stereocenters. The SMILES string of the molecule is c1ccc2[nH]c(-c3ccc(-c4nc5ccccc5[nH]4)c(-c4nc5ccccc5[nH]4)c3)nc2c1. The lowest BCUT2D eigenvalue weighted by Crippen LogP contribution is -1.91. The highest BCUT2D eigenvalue weighted by Crippen LogP contribution is 2.35. The van der Waals surface area contributed by atoms with Gasteiger partial charge in [0.25, 0.3) is 0 Å². The molecule has 0 fully saturated rings. The molecule has 6 nitrogen and oxygen atoms in total. The molecule has 0 radical (unpaired) electrons. The van der Waals surface area contributed by atoms with Gasteiger partial charge in [-0.25, -0.2) is 15.0 Å². The number of H-pyrrole nitrogens is 3. The first-order valence-electron chi connectivity index (χ1n) is 10.8. The summed E-state index contributed by atoms with van der Waals surface area (Å²) in [6.07, 6.45) is 0. The highest BCUT2D eigenvalue weighted by Gasteiger charge is 2.17. The smallest absolute Gasteiger partial charge is 0.139 e. The number of nitrogens with zero attached hydrogens (tertiary/aromatic N) is 3. The summed E-state index contributed by atoms with van der Waals surface area (Å²) in [5, 5.41) is 0. The number of hydrogen-bond donors (Lipinski definition) is 3. The van der Waals surface area contributed by atoms with Gasteiger partial charge in [0, 0.05) is 16.7 Å². The average molecular weight is 426 g/mol. The fourth-order valence-corrected chi connectivity index (χ4v) is 4.34. The van der Waals surface area contributed by atoms with Gasteiger partial charge in [0.1, 0.15) is 17.5 Å². The van der Waals surface area contributed by atoms with Gasteiger partial charge in [-0.15, -0.1) is 0 Å². The molecule has 0 bridgehead atoms. The van der Waals surface area contributed by atoms with Crippen LogP contribution in [0.2, 0.25) is 0 Å². The molecule has 0 aliphatic heterocycles. The Morgan fingerprint density at radius 2 is 0.879 bits per heavy atom. The fourth-order valence-electron chi connectivity index (χ4n) is 4.34. The second-order valence-corrected chi connectivity index (χ2v) is 8.07. The quantitative estimate of drug-likeness (QED) is 0.309. The maximum atomic E-state index is 4.87. The van der Waals surface area contributed by atoms with Gasteiger partial charge in [0.2, 0.25) is 0 Å². The molecule has 3 N–H and O–H groups in total. The first kappa shape index (κ1) is 17.9. The third-order valence-electron chi connectivity index (χ3n) is 5.97. The Hall–Kier alpha value is -4.71. The number of rotatable bonds is 3. The van der Waals surface area contributed by atoms with Crippen LogP contribution in [0.3, 0.4) is 0 Å². The average Bonchev–Trinajstić information content (AvgIpc) is 3.59. The zero-order valence-corrected chi connectivity index (χ0v) is 17.5. The van der Waals surface area contributed by atoms with E-state index >= 15 is 0 Å². The highest BCUT2D eigenvalue weighted by molar-refractivity contribution is 5.89. The number of imidazole rings is 3. The van der Waals surface area contributed by atoms with Crippen molar-refractivity contribution in [2.45, 2.75) is 0 Å². The van der Waals surface area contributed by atoms with Crippen molar-refractivity contribution in [2.24, 2.45) is 0 Å². The van der Waals surface area contributed by atoms with E-state index in [1.54, 1.807) is 0 Å². The van der Waals surface area contributed by atoms with Gasteiger partial charge in [-0.05, 0) is 48.5 Å². The summed E-state index contributed by atoms with van der Waals surface area (Å²) in [7, 11) is 0. The normalized spacial score (nSPS) is 11.6. The molecule has 7 rings (SSSR count). The van der Waals surface area contributed by atoms with Crippen LogP contribution in [0.25, 0.3) is 67.3 Å². The highest BCUT2D eigenvalue weighted by atomic mass is 14.9. The van der Waals surface area contributed by atoms with Crippen LogP contribution < -0.4 is 0 Å². The van der Waals surface area contributed by atoms with E-state index in [0.29, 0.717) is 0 Å². The zero-order valence-electron chi connectivity index (χ0n) is 17.5. The van der Waals surface area contributed by atoms with Crippen molar-refractivity contribution in [3.63, 3.8) is 0 Å². The Labute approximate surface area is 188 Å². The number of aromatic amines is 3. The van der Waals surface area contributed by atoms with Gasteiger partial charge in [-0.3, -0.25) is 0 Å². The monoisotopic (exact) mass is 426 g/mol. The van der Waals surface area contributed by atoms with Gasteiger partial charge in [0.05, 0.1) is 33.1 Å². The van der Waals surface area contributed by atoms with E-state index in [1.165, 1.54) is 0 Å².